The van der Waals surface area contributed by atoms with E-state index in [1.165, 1.54) is 82.9 Å². The molecule has 11 rings (SSSR count). The maximum atomic E-state index is 4.99. The molecule has 0 unspecified atom stereocenters. The second-order valence-corrected chi connectivity index (χ2v) is 15.1. The fraction of sp³-hybridized carbons (Fsp3) is 0.0185. The molecule has 0 bridgehead atoms. The monoisotopic (exact) mass is 724 g/mol. The van der Waals surface area contributed by atoms with Crippen LogP contribution in [0.15, 0.2) is 225 Å². The average molecular weight is 725 g/mol. The zero-order valence-corrected chi connectivity index (χ0v) is 31.3. The normalized spacial score (nSPS) is 12.7. The molecule has 57 heavy (non-hydrogen) atoms. The summed E-state index contributed by atoms with van der Waals surface area (Å²) in [5.74, 6) is 0. The topological polar surface area (TPSA) is 17.8 Å². The number of rotatable bonds is 7. The third-order valence-corrected chi connectivity index (χ3v) is 12.1. The zero-order valence-electron chi connectivity index (χ0n) is 31.3. The summed E-state index contributed by atoms with van der Waals surface area (Å²) in [7, 11) is 0. The maximum absolute atomic E-state index is 4.99. The lowest BCUT2D eigenvalue weighted by atomic mass is 9.38. The lowest BCUT2D eigenvalue weighted by molar-refractivity contribution is 0.769. The number of benzene rings is 8. The van der Waals surface area contributed by atoms with Gasteiger partial charge in [-0.05, 0) is 87.0 Å². The molecular formula is C54H37BN2. The molecule has 0 amide bonds. The van der Waals surface area contributed by atoms with E-state index in [9.17, 15) is 0 Å². The Morgan fingerprint density at radius 2 is 1.00 bits per heavy atom. The van der Waals surface area contributed by atoms with Crippen molar-refractivity contribution < 1.29 is 0 Å². The number of pyridine rings is 1. The van der Waals surface area contributed by atoms with Crippen LogP contribution < -0.4 is 16.5 Å². The smallest absolute Gasteiger partial charge is 0.265 e. The van der Waals surface area contributed by atoms with Gasteiger partial charge in [-0.2, -0.15) is 0 Å². The van der Waals surface area contributed by atoms with E-state index >= 15 is 0 Å². The van der Waals surface area contributed by atoms with E-state index < -0.39 is 5.41 Å². The van der Waals surface area contributed by atoms with Crippen LogP contribution in [0, 0.1) is 0 Å². The summed E-state index contributed by atoms with van der Waals surface area (Å²) in [5.41, 5.74) is 16.7. The second-order valence-electron chi connectivity index (χ2n) is 15.1. The van der Waals surface area contributed by atoms with Gasteiger partial charge < -0.3 is 4.57 Å². The number of hydrogen-bond donors (Lipinski definition) is 0. The Kier molecular flexibility index (Phi) is 7.86. The molecular weight excluding hydrogens is 687 g/mol. The van der Waals surface area contributed by atoms with Crippen LogP contribution in [0.4, 0.5) is 0 Å². The number of nitrogens with zero attached hydrogens (tertiary/aromatic N) is 2. The predicted molar refractivity (Wildman–Crippen MR) is 239 cm³/mol. The quantitative estimate of drug-likeness (QED) is 0.150. The van der Waals surface area contributed by atoms with E-state index in [0.29, 0.717) is 0 Å². The first kappa shape index (κ1) is 33.1. The van der Waals surface area contributed by atoms with Crippen LogP contribution in [0.1, 0.15) is 22.3 Å². The lowest BCUT2D eigenvalue weighted by Crippen LogP contribution is -2.53. The number of para-hydroxylation sites is 2. The first-order valence-corrected chi connectivity index (χ1v) is 19.7. The highest BCUT2D eigenvalue weighted by Gasteiger charge is 2.46. The summed E-state index contributed by atoms with van der Waals surface area (Å²) in [6.45, 7) is -0.0650. The van der Waals surface area contributed by atoms with Gasteiger partial charge in [0.1, 0.15) is 0 Å². The fourth-order valence-corrected chi connectivity index (χ4v) is 9.60. The summed E-state index contributed by atoms with van der Waals surface area (Å²) in [6, 6.07) is 79.8. The molecule has 266 valence electrons. The van der Waals surface area contributed by atoms with Crippen molar-refractivity contribution in [3.63, 3.8) is 0 Å². The highest BCUT2D eigenvalue weighted by atomic mass is 15.0. The van der Waals surface area contributed by atoms with Crippen molar-refractivity contribution in [2.24, 2.45) is 0 Å². The third-order valence-electron chi connectivity index (χ3n) is 12.1. The van der Waals surface area contributed by atoms with Gasteiger partial charge in [0.2, 0.25) is 0 Å². The highest BCUT2D eigenvalue weighted by molar-refractivity contribution is 6.95. The van der Waals surface area contributed by atoms with Gasteiger partial charge in [0.05, 0.1) is 16.4 Å². The van der Waals surface area contributed by atoms with Gasteiger partial charge in [0, 0.05) is 28.2 Å². The molecule has 2 heterocycles. The van der Waals surface area contributed by atoms with E-state index in [-0.39, 0.29) is 6.71 Å². The van der Waals surface area contributed by atoms with E-state index in [0.717, 1.165) is 5.59 Å². The number of fused-ring (bicyclic) bond motifs is 6. The maximum Gasteiger partial charge on any atom is 0.265 e. The molecule has 0 saturated carbocycles. The standard InChI is InChI=1S/C54H37BN2/c1-4-16-40(17-5-1)54(41-18-6-2-7-19-41)49-24-12-10-22-45(49)46-33-32-43(37-50(46)54)55(53-26-14-15-35-56-53)42-30-27-38(28-31-42)39-29-34-52-48(36-39)47-23-11-13-25-51(47)57(52)44-20-8-3-9-21-44/h1-37H. The fourth-order valence-electron chi connectivity index (χ4n) is 9.60. The average Bonchev–Trinajstić information content (AvgIpc) is 3.78. The van der Waals surface area contributed by atoms with Gasteiger partial charge in [0.15, 0.2) is 0 Å². The summed E-state index contributed by atoms with van der Waals surface area (Å²) < 4.78 is 2.37. The SMILES string of the molecule is c1ccc(-n2c3ccccc3c3cc(-c4ccc(B(c5ccc6c(c5)C(c5ccccc5)(c5ccccc5)c5ccccc5-6)c5ccccn5)cc4)ccc32)cc1. The van der Waals surface area contributed by atoms with Crippen molar-refractivity contribution in [1.82, 2.24) is 9.55 Å². The minimum Gasteiger partial charge on any atom is -0.309 e. The summed E-state index contributed by atoms with van der Waals surface area (Å²) in [4.78, 5) is 4.99. The van der Waals surface area contributed by atoms with Crippen LogP contribution in [0.3, 0.4) is 0 Å². The summed E-state index contributed by atoms with van der Waals surface area (Å²) >= 11 is 0. The van der Waals surface area contributed by atoms with Crippen molar-refractivity contribution in [3.8, 4) is 27.9 Å². The largest absolute Gasteiger partial charge is 0.309 e. The molecule has 0 atom stereocenters. The Morgan fingerprint density at radius 1 is 0.404 bits per heavy atom. The molecule has 1 aliphatic carbocycles. The first-order chi connectivity index (χ1) is 28.3. The van der Waals surface area contributed by atoms with Crippen LogP contribution in [0.5, 0.6) is 0 Å². The Hall–Kier alpha value is -7.23. The van der Waals surface area contributed by atoms with Crippen molar-refractivity contribution >= 4 is 45.0 Å². The molecule has 0 aliphatic heterocycles. The van der Waals surface area contributed by atoms with E-state index in [1.54, 1.807) is 0 Å². The van der Waals surface area contributed by atoms with Crippen molar-refractivity contribution in [2.45, 2.75) is 5.41 Å². The Bertz CT molecular complexity index is 3010. The third kappa shape index (κ3) is 5.24. The summed E-state index contributed by atoms with van der Waals surface area (Å²) in [6.07, 6.45) is 1.92. The van der Waals surface area contributed by atoms with Gasteiger partial charge in [-0.1, -0.05) is 187 Å². The Balaban J connectivity index is 1.05. The van der Waals surface area contributed by atoms with Crippen molar-refractivity contribution in [1.29, 1.82) is 0 Å². The van der Waals surface area contributed by atoms with Gasteiger partial charge in [-0.25, -0.2) is 0 Å². The molecule has 0 radical (unpaired) electrons. The first-order valence-electron chi connectivity index (χ1n) is 19.7. The van der Waals surface area contributed by atoms with Crippen LogP contribution in [-0.4, -0.2) is 16.3 Å². The van der Waals surface area contributed by atoms with Crippen LogP contribution in [0.25, 0.3) is 49.7 Å². The van der Waals surface area contributed by atoms with E-state index in [2.05, 4.69) is 217 Å². The van der Waals surface area contributed by atoms with Crippen LogP contribution in [0.2, 0.25) is 0 Å². The van der Waals surface area contributed by atoms with E-state index in [1.807, 2.05) is 12.3 Å². The highest BCUT2D eigenvalue weighted by Crippen LogP contribution is 2.55. The molecule has 10 aromatic rings. The van der Waals surface area contributed by atoms with Gasteiger partial charge in [0.25, 0.3) is 6.71 Å². The molecule has 0 N–H and O–H groups in total. The predicted octanol–water partition coefficient (Wildman–Crippen LogP) is 10.7. The van der Waals surface area contributed by atoms with Gasteiger partial charge >= 0.3 is 0 Å². The molecule has 1 aliphatic rings. The Morgan fingerprint density at radius 3 is 1.74 bits per heavy atom. The van der Waals surface area contributed by atoms with Gasteiger partial charge in [-0.3, -0.25) is 4.98 Å². The van der Waals surface area contributed by atoms with Crippen molar-refractivity contribution in [2.75, 3.05) is 0 Å². The molecule has 0 fully saturated rings. The van der Waals surface area contributed by atoms with E-state index in [4.69, 9.17) is 4.98 Å². The zero-order chi connectivity index (χ0) is 37.8. The van der Waals surface area contributed by atoms with Crippen molar-refractivity contribution in [3.05, 3.63) is 247 Å². The molecule has 0 spiro atoms. The lowest BCUT2D eigenvalue weighted by Gasteiger charge is -2.34. The number of aromatic nitrogens is 2. The Labute approximate surface area is 333 Å². The molecule has 3 heteroatoms. The molecule has 0 saturated heterocycles. The van der Waals surface area contributed by atoms with Gasteiger partial charge in [-0.15, -0.1) is 0 Å². The second kappa shape index (κ2) is 13.5. The van der Waals surface area contributed by atoms with Crippen LogP contribution in [-0.2, 0) is 5.41 Å². The summed E-state index contributed by atoms with van der Waals surface area (Å²) in [5, 5.41) is 2.51. The number of hydrogen-bond acceptors (Lipinski definition) is 1. The minimum absolute atomic E-state index is 0.0650. The molecule has 2 nitrogen and oxygen atoms in total. The molecule has 8 aromatic carbocycles. The minimum atomic E-state index is -0.467. The van der Waals surface area contributed by atoms with Crippen LogP contribution >= 0.6 is 0 Å². The molecule has 2 aromatic heterocycles.